The van der Waals surface area contributed by atoms with Crippen LogP contribution in [0.4, 0.5) is 0 Å². The summed E-state index contributed by atoms with van der Waals surface area (Å²) in [5.41, 5.74) is 2.31. The van der Waals surface area contributed by atoms with Gasteiger partial charge in [-0.2, -0.15) is 10.2 Å². The van der Waals surface area contributed by atoms with Crippen molar-refractivity contribution in [2.45, 2.75) is 18.3 Å². The van der Waals surface area contributed by atoms with E-state index in [4.69, 9.17) is 0 Å². The van der Waals surface area contributed by atoms with Crippen LogP contribution in [0.1, 0.15) is 35.1 Å². The molecule has 2 heterocycles. The molecule has 1 aliphatic rings. The lowest BCUT2D eigenvalue weighted by Gasteiger charge is -2.41. The summed E-state index contributed by atoms with van der Waals surface area (Å²) in [6.07, 6.45) is 3.39. The van der Waals surface area contributed by atoms with Crippen LogP contribution in [0.2, 0.25) is 0 Å². The number of carbonyl (C=O) groups excluding carboxylic acids is 1. The Bertz CT molecular complexity index is 948. The lowest BCUT2D eigenvalue weighted by molar-refractivity contribution is -0.120. The van der Waals surface area contributed by atoms with Gasteiger partial charge in [0.15, 0.2) is 0 Å². The van der Waals surface area contributed by atoms with Crippen molar-refractivity contribution < 1.29 is 9.90 Å². The third kappa shape index (κ3) is 3.63. The zero-order valence-corrected chi connectivity index (χ0v) is 15.1. The van der Waals surface area contributed by atoms with Crippen LogP contribution in [0.15, 0.2) is 91.3 Å². The number of aliphatic hydroxyl groups is 1. The second-order valence-electron chi connectivity index (χ2n) is 6.53. The molecule has 140 valence electrons. The minimum Gasteiger partial charge on any atom is -0.386 e. The van der Waals surface area contributed by atoms with Crippen LogP contribution in [0, 0.1) is 0 Å². The maximum absolute atomic E-state index is 12.1. The number of aromatic nitrogens is 2. The summed E-state index contributed by atoms with van der Waals surface area (Å²) < 4.78 is 0. The molecule has 2 aromatic carbocycles. The first-order valence-electron chi connectivity index (χ1n) is 9.06. The Morgan fingerprint density at radius 2 is 1.61 bits per heavy atom. The Labute approximate surface area is 163 Å². The topological polar surface area (TPSA) is 78.4 Å². The fraction of sp³-hybridized carbons (Fsp3) is 0.136. The Morgan fingerprint density at radius 1 is 0.929 bits per heavy atom. The fourth-order valence-electron chi connectivity index (χ4n) is 3.44. The number of aliphatic hydroxyl groups excluding tert-OH is 1. The number of carbonyl (C=O) groups is 1. The van der Waals surface area contributed by atoms with Crippen LogP contribution in [0.3, 0.4) is 0 Å². The zero-order chi connectivity index (χ0) is 19.3. The third-order valence-electron chi connectivity index (χ3n) is 4.75. The molecule has 0 saturated heterocycles. The van der Waals surface area contributed by atoms with Crippen molar-refractivity contribution in [3.63, 3.8) is 0 Å². The molecule has 0 fully saturated rings. The van der Waals surface area contributed by atoms with E-state index in [2.05, 4.69) is 15.5 Å². The van der Waals surface area contributed by atoms with Gasteiger partial charge in [0.05, 0.1) is 6.04 Å². The molecule has 2 N–H and O–H groups in total. The van der Waals surface area contributed by atoms with Crippen LogP contribution in [-0.4, -0.2) is 26.1 Å². The van der Waals surface area contributed by atoms with Gasteiger partial charge in [-0.15, -0.1) is 0 Å². The zero-order valence-electron chi connectivity index (χ0n) is 15.1. The van der Waals surface area contributed by atoms with Crippen LogP contribution >= 0.6 is 0 Å². The minimum absolute atomic E-state index is 0.215. The summed E-state index contributed by atoms with van der Waals surface area (Å²) in [5.74, 6) is -0.215. The van der Waals surface area contributed by atoms with E-state index >= 15 is 0 Å². The second kappa shape index (κ2) is 8.02. The summed E-state index contributed by atoms with van der Waals surface area (Å²) >= 11 is 0. The first kappa shape index (κ1) is 17.9. The van der Waals surface area contributed by atoms with E-state index in [-0.39, 0.29) is 5.91 Å². The monoisotopic (exact) mass is 372 g/mol. The standard InChI is InChI=1S/C22H20N4O2/c27-19-13-15-26(22(24-19)18-12-7-14-23-25-18)20(16-8-3-1-4-9-16)21(28)17-10-5-2-6-11-17/h1-15,20-22,28H,(H,24,27)/t20-,21+,22?/m1/s1. The Balaban J connectivity index is 1.80. The molecule has 6 nitrogen and oxygen atoms in total. The van der Waals surface area contributed by atoms with E-state index in [0.29, 0.717) is 5.69 Å². The first-order chi connectivity index (χ1) is 13.7. The summed E-state index contributed by atoms with van der Waals surface area (Å²) in [6.45, 7) is 0. The second-order valence-corrected chi connectivity index (χ2v) is 6.53. The van der Waals surface area contributed by atoms with Gasteiger partial charge >= 0.3 is 0 Å². The number of benzene rings is 2. The Hall–Kier alpha value is -3.51. The van der Waals surface area contributed by atoms with E-state index in [9.17, 15) is 9.90 Å². The van der Waals surface area contributed by atoms with E-state index in [1.165, 1.54) is 6.08 Å². The summed E-state index contributed by atoms with van der Waals surface area (Å²) in [4.78, 5) is 14.0. The molecule has 1 aliphatic heterocycles. The molecule has 3 aromatic rings. The van der Waals surface area contributed by atoms with Gasteiger partial charge in [0.1, 0.15) is 18.0 Å². The molecule has 0 saturated carbocycles. The van der Waals surface area contributed by atoms with Gasteiger partial charge in [-0.25, -0.2) is 0 Å². The lowest BCUT2D eigenvalue weighted by atomic mass is 9.93. The molecular weight excluding hydrogens is 352 g/mol. The Kier molecular flexibility index (Phi) is 5.12. The number of rotatable bonds is 5. The number of hydrogen-bond acceptors (Lipinski definition) is 5. The lowest BCUT2D eigenvalue weighted by Crippen LogP contribution is -2.45. The highest BCUT2D eigenvalue weighted by atomic mass is 16.3. The largest absolute Gasteiger partial charge is 0.386 e. The maximum atomic E-state index is 12.1. The molecule has 1 amide bonds. The van der Waals surface area contributed by atoms with Crippen molar-refractivity contribution in [2.75, 3.05) is 0 Å². The molecule has 4 rings (SSSR count). The molecule has 3 atom stereocenters. The SMILES string of the molecule is O=C1C=CN([C@H](c2ccccc2)[C@@H](O)c2ccccc2)C(c2cccnn2)N1. The molecule has 0 radical (unpaired) electrons. The first-order valence-corrected chi connectivity index (χ1v) is 9.06. The van der Waals surface area contributed by atoms with Gasteiger partial charge in [-0.1, -0.05) is 60.7 Å². The maximum Gasteiger partial charge on any atom is 0.247 e. The van der Waals surface area contributed by atoms with Crippen molar-refractivity contribution in [3.8, 4) is 0 Å². The van der Waals surface area contributed by atoms with Crippen molar-refractivity contribution in [1.82, 2.24) is 20.4 Å². The molecule has 0 spiro atoms. The van der Waals surface area contributed by atoms with Gasteiger partial charge in [-0.05, 0) is 23.3 Å². The highest BCUT2D eigenvalue weighted by Crippen LogP contribution is 2.39. The summed E-state index contributed by atoms with van der Waals surface area (Å²) in [5, 5.41) is 22.3. The van der Waals surface area contributed by atoms with Crippen molar-refractivity contribution in [1.29, 1.82) is 0 Å². The normalized spacial score (nSPS) is 18.4. The van der Waals surface area contributed by atoms with E-state index in [0.717, 1.165) is 11.1 Å². The molecule has 1 aromatic heterocycles. The number of nitrogens with one attached hydrogen (secondary N) is 1. The third-order valence-corrected chi connectivity index (χ3v) is 4.75. The van der Waals surface area contributed by atoms with Crippen molar-refractivity contribution in [2.24, 2.45) is 0 Å². The van der Waals surface area contributed by atoms with Crippen LogP contribution < -0.4 is 5.32 Å². The predicted octanol–water partition coefficient (Wildman–Crippen LogP) is 2.90. The quantitative estimate of drug-likeness (QED) is 0.720. The fourth-order valence-corrected chi connectivity index (χ4v) is 3.44. The summed E-state index contributed by atoms with van der Waals surface area (Å²) in [6, 6.07) is 22.4. The number of hydrogen-bond donors (Lipinski definition) is 2. The molecule has 0 bridgehead atoms. The van der Waals surface area contributed by atoms with E-state index in [1.807, 2.05) is 65.6 Å². The van der Waals surface area contributed by atoms with Crippen LogP contribution in [0.5, 0.6) is 0 Å². The highest BCUT2D eigenvalue weighted by molar-refractivity contribution is 5.88. The van der Waals surface area contributed by atoms with E-state index < -0.39 is 18.3 Å². The smallest absolute Gasteiger partial charge is 0.247 e. The van der Waals surface area contributed by atoms with Crippen molar-refractivity contribution in [3.05, 3.63) is 108 Å². The average molecular weight is 372 g/mol. The van der Waals surface area contributed by atoms with Gasteiger partial charge in [0, 0.05) is 18.5 Å². The summed E-state index contributed by atoms with van der Waals surface area (Å²) in [7, 11) is 0. The van der Waals surface area contributed by atoms with Gasteiger partial charge in [-0.3, -0.25) is 4.79 Å². The molecule has 0 aliphatic carbocycles. The average Bonchev–Trinajstić information content (AvgIpc) is 2.77. The highest BCUT2D eigenvalue weighted by Gasteiger charge is 2.35. The van der Waals surface area contributed by atoms with E-state index in [1.54, 1.807) is 24.5 Å². The number of amides is 1. The van der Waals surface area contributed by atoms with Crippen LogP contribution in [-0.2, 0) is 4.79 Å². The number of nitrogens with zero attached hydrogens (tertiary/aromatic N) is 3. The van der Waals surface area contributed by atoms with Gasteiger partial charge < -0.3 is 15.3 Å². The molecule has 1 unspecified atom stereocenters. The van der Waals surface area contributed by atoms with Gasteiger partial charge in [0.25, 0.3) is 0 Å². The minimum atomic E-state index is -0.817. The molecule has 6 heteroatoms. The molecular formula is C22H20N4O2. The molecule has 28 heavy (non-hydrogen) atoms. The van der Waals surface area contributed by atoms with Crippen molar-refractivity contribution >= 4 is 5.91 Å². The predicted molar refractivity (Wildman–Crippen MR) is 104 cm³/mol. The van der Waals surface area contributed by atoms with Gasteiger partial charge in [0.2, 0.25) is 5.91 Å². The van der Waals surface area contributed by atoms with Crippen LogP contribution in [0.25, 0.3) is 0 Å². The Morgan fingerprint density at radius 3 is 2.25 bits per heavy atom.